The Hall–Kier alpha value is -2.64. The van der Waals surface area contributed by atoms with E-state index in [1.54, 1.807) is 18.1 Å². The summed E-state index contributed by atoms with van der Waals surface area (Å²) in [5.41, 5.74) is 2.20. The first-order valence-corrected chi connectivity index (χ1v) is 7.43. The predicted molar refractivity (Wildman–Crippen MR) is 82.9 cm³/mol. The number of aryl methyl sites for hydroxylation is 2. The van der Waals surface area contributed by atoms with Crippen molar-refractivity contribution in [3.63, 3.8) is 0 Å². The van der Waals surface area contributed by atoms with Gasteiger partial charge < -0.3 is 10.0 Å². The van der Waals surface area contributed by atoms with Crippen LogP contribution in [0.15, 0.2) is 18.6 Å². The van der Waals surface area contributed by atoms with E-state index in [2.05, 4.69) is 10.2 Å². The van der Waals surface area contributed by atoms with Gasteiger partial charge in [-0.3, -0.25) is 14.2 Å². The Morgan fingerprint density at radius 2 is 2.04 bits per heavy atom. The summed E-state index contributed by atoms with van der Waals surface area (Å²) in [6.45, 7) is 5.66. The second kappa shape index (κ2) is 7.08. The summed E-state index contributed by atoms with van der Waals surface area (Å²) in [4.78, 5) is 24.6. The zero-order valence-electron chi connectivity index (χ0n) is 13.6. The lowest BCUT2D eigenvalue weighted by molar-refractivity contribution is -0.130. The SMILES string of the molecule is CCn1ncc(CN(C)C(=O)CCn2cc(C(=O)O)cn2)c1C. The molecule has 2 aromatic rings. The normalized spacial score (nSPS) is 10.7. The molecule has 0 radical (unpaired) electrons. The average molecular weight is 319 g/mol. The molecule has 23 heavy (non-hydrogen) atoms. The number of carbonyl (C=O) groups is 2. The fourth-order valence-corrected chi connectivity index (χ4v) is 2.30. The maximum Gasteiger partial charge on any atom is 0.338 e. The van der Waals surface area contributed by atoms with Gasteiger partial charge in [-0.1, -0.05) is 0 Å². The molecule has 8 heteroatoms. The van der Waals surface area contributed by atoms with E-state index in [0.29, 0.717) is 13.1 Å². The van der Waals surface area contributed by atoms with Crippen LogP contribution >= 0.6 is 0 Å². The first kappa shape index (κ1) is 16.7. The number of amides is 1. The van der Waals surface area contributed by atoms with Gasteiger partial charge in [0.05, 0.1) is 18.0 Å². The molecule has 2 rings (SSSR count). The minimum Gasteiger partial charge on any atom is -0.478 e. The second-order valence-corrected chi connectivity index (χ2v) is 5.37. The van der Waals surface area contributed by atoms with Gasteiger partial charge in [0.25, 0.3) is 0 Å². The smallest absolute Gasteiger partial charge is 0.338 e. The summed E-state index contributed by atoms with van der Waals surface area (Å²) in [5, 5.41) is 17.0. The van der Waals surface area contributed by atoms with E-state index in [9.17, 15) is 9.59 Å². The summed E-state index contributed by atoms with van der Waals surface area (Å²) >= 11 is 0. The van der Waals surface area contributed by atoms with Crippen LogP contribution < -0.4 is 0 Å². The molecule has 0 fully saturated rings. The summed E-state index contributed by atoms with van der Waals surface area (Å²) < 4.78 is 3.36. The second-order valence-electron chi connectivity index (χ2n) is 5.37. The lowest BCUT2D eigenvalue weighted by atomic mass is 10.2. The molecule has 0 unspecified atom stereocenters. The van der Waals surface area contributed by atoms with E-state index < -0.39 is 5.97 Å². The van der Waals surface area contributed by atoms with E-state index in [0.717, 1.165) is 17.8 Å². The van der Waals surface area contributed by atoms with Gasteiger partial charge in [-0.2, -0.15) is 10.2 Å². The molecule has 0 aliphatic rings. The van der Waals surface area contributed by atoms with Crippen LogP contribution in [0.4, 0.5) is 0 Å². The predicted octanol–water partition coefficient (Wildman–Crippen LogP) is 1.15. The monoisotopic (exact) mass is 319 g/mol. The van der Waals surface area contributed by atoms with Gasteiger partial charge >= 0.3 is 5.97 Å². The number of aromatic carboxylic acids is 1. The first-order chi connectivity index (χ1) is 10.9. The molecule has 124 valence electrons. The number of rotatable bonds is 7. The molecule has 0 aliphatic carbocycles. The van der Waals surface area contributed by atoms with Crippen molar-refractivity contribution in [2.24, 2.45) is 0 Å². The summed E-state index contributed by atoms with van der Waals surface area (Å²) in [6, 6.07) is 0. The summed E-state index contributed by atoms with van der Waals surface area (Å²) in [6.07, 6.45) is 4.75. The highest BCUT2D eigenvalue weighted by Gasteiger charge is 2.14. The van der Waals surface area contributed by atoms with Crippen LogP contribution in [0.25, 0.3) is 0 Å². The zero-order valence-corrected chi connectivity index (χ0v) is 13.6. The Kier molecular flexibility index (Phi) is 5.15. The highest BCUT2D eigenvalue weighted by Crippen LogP contribution is 2.10. The summed E-state index contributed by atoms with van der Waals surface area (Å²) in [5.74, 6) is -1.05. The molecule has 8 nitrogen and oxygen atoms in total. The van der Waals surface area contributed by atoms with Crippen LogP contribution in [-0.4, -0.2) is 48.5 Å². The molecule has 0 saturated heterocycles. The van der Waals surface area contributed by atoms with Crippen molar-refractivity contribution in [1.29, 1.82) is 0 Å². The van der Waals surface area contributed by atoms with Gasteiger partial charge in [0.15, 0.2) is 0 Å². The van der Waals surface area contributed by atoms with Crippen LogP contribution in [0.3, 0.4) is 0 Å². The largest absolute Gasteiger partial charge is 0.478 e. The number of hydrogen-bond acceptors (Lipinski definition) is 4. The molecule has 0 bridgehead atoms. The number of aromatic nitrogens is 4. The van der Waals surface area contributed by atoms with Gasteiger partial charge in [0.2, 0.25) is 5.91 Å². The molecular formula is C15H21N5O3. The molecule has 2 heterocycles. The van der Waals surface area contributed by atoms with Crippen molar-refractivity contribution in [3.8, 4) is 0 Å². The summed E-state index contributed by atoms with van der Waals surface area (Å²) in [7, 11) is 1.75. The average Bonchev–Trinajstić information content (AvgIpc) is 3.12. The van der Waals surface area contributed by atoms with Gasteiger partial charge in [0, 0.05) is 50.6 Å². The fraction of sp³-hybridized carbons (Fsp3) is 0.467. The standard InChI is InChI=1S/C15H21N5O3/c1-4-20-11(2)12(7-17-20)9-18(3)14(21)5-6-19-10-13(8-16-19)15(22)23/h7-8,10H,4-6,9H2,1-3H3,(H,22,23). The number of hydrogen-bond donors (Lipinski definition) is 1. The molecule has 2 aromatic heterocycles. The number of carbonyl (C=O) groups excluding carboxylic acids is 1. The van der Waals surface area contributed by atoms with Crippen molar-refractivity contribution in [3.05, 3.63) is 35.4 Å². The molecule has 0 aromatic carbocycles. The van der Waals surface area contributed by atoms with Crippen LogP contribution in [0.2, 0.25) is 0 Å². The number of nitrogens with zero attached hydrogens (tertiary/aromatic N) is 5. The Morgan fingerprint density at radius 1 is 1.30 bits per heavy atom. The Morgan fingerprint density at radius 3 is 2.61 bits per heavy atom. The van der Waals surface area contributed by atoms with Crippen LogP contribution in [0.1, 0.15) is 35.0 Å². The van der Waals surface area contributed by atoms with Crippen molar-refractivity contribution < 1.29 is 14.7 Å². The minimum absolute atomic E-state index is 0.0268. The van der Waals surface area contributed by atoms with Crippen molar-refractivity contribution in [2.45, 2.75) is 39.9 Å². The Labute approximate surface area is 134 Å². The van der Waals surface area contributed by atoms with Gasteiger partial charge in [-0.15, -0.1) is 0 Å². The third kappa shape index (κ3) is 3.97. The van der Waals surface area contributed by atoms with Crippen molar-refractivity contribution in [1.82, 2.24) is 24.5 Å². The highest BCUT2D eigenvalue weighted by molar-refractivity contribution is 5.86. The zero-order chi connectivity index (χ0) is 17.0. The molecule has 0 aliphatic heterocycles. The molecule has 0 atom stereocenters. The molecule has 0 spiro atoms. The number of carboxylic acids is 1. The third-order valence-corrected chi connectivity index (χ3v) is 3.77. The lowest BCUT2D eigenvalue weighted by Crippen LogP contribution is -2.27. The third-order valence-electron chi connectivity index (χ3n) is 3.77. The van der Waals surface area contributed by atoms with Crippen LogP contribution in [0.5, 0.6) is 0 Å². The first-order valence-electron chi connectivity index (χ1n) is 7.43. The highest BCUT2D eigenvalue weighted by atomic mass is 16.4. The van der Waals surface area contributed by atoms with E-state index in [1.807, 2.05) is 18.5 Å². The molecule has 1 amide bonds. The lowest BCUT2D eigenvalue weighted by Gasteiger charge is -2.17. The fourth-order valence-electron chi connectivity index (χ4n) is 2.30. The minimum atomic E-state index is -1.02. The van der Waals surface area contributed by atoms with E-state index in [-0.39, 0.29) is 17.9 Å². The van der Waals surface area contributed by atoms with Crippen LogP contribution in [-0.2, 0) is 24.4 Å². The Balaban J connectivity index is 1.89. The van der Waals surface area contributed by atoms with Gasteiger partial charge in [-0.25, -0.2) is 4.79 Å². The number of carboxylic acid groups (broad SMARTS) is 1. The van der Waals surface area contributed by atoms with Gasteiger partial charge in [-0.05, 0) is 13.8 Å². The van der Waals surface area contributed by atoms with E-state index >= 15 is 0 Å². The van der Waals surface area contributed by atoms with Crippen molar-refractivity contribution in [2.75, 3.05) is 7.05 Å². The Bertz CT molecular complexity index is 704. The molecule has 1 N–H and O–H groups in total. The van der Waals surface area contributed by atoms with Gasteiger partial charge in [0.1, 0.15) is 0 Å². The maximum atomic E-state index is 12.2. The molecular weight excluding hydrogens is 298 g/mol. The van der Waals surface area contributed by atoms with Crippen LogP contribution in [0, 0.1) is 6.92 Å². The molecule has 0 saturated carbocycles. The topological polar surface area (TPSA) is 93.2 Å². The van der Waals surface area contributed by atoms with E-state index in [4.69, 9.17) is 5.11 Å². The van der Waals surface area contributed by atoms with Crippen molar-refractivity contribution >= 4 is 11.9 Å². The quantitative estimate of drug-likeness (QED) is 0.826. The van der Waals surface area contributed by atoms with E-state index in [1.165, 1.54) is 17.1 Å². The maximum absolute atomic E-state index is 12.2.